The van der Waals surface area contributed by atoms with E-state index < -0.39 is 0 Å². The van der Waals surface area contributed by atoms with E-state index in [0.29, 0.717) is 36.2 Å². The van der Waals surface area contributed by atoms with E-state index in [-0.39, 0.29) is 5.91 Å². The molecule has 0 aliphatic carbocycles. The number of hydrogen-bond acceptors (Lipinski definition) is 4. The summed E-state index contributed by atoms with van der Waals surface area (Å²) in [6.45, 7) is 6.86. The van der Waals surface area contributed by atoms with Crippen LogP contribution in [0.4, 0.5) is 0 Å². The summed E-state index contributed by atoms with van der Waals surface area (Å²) < 4.78 is 10.6. The fourth-order valence-electron chi connectivity index (χ4n) is 1.42. The van der Waals surface area contributed by atoms with Crippen LogP contribution in [0.1, 0.15) is 31.1 Å². The highest BCUT2D eigenvalue weighted by Gasteiger charge is 2.11. The predicted molar refractivity (Wildman–Crippen MR) is 72.4 cm³/mol. The number of benzene rings is 1. The molecule has 106 valence electrons. The van der Waals surface area contributed by atoms with Gasteiger partial charge in [-0.15, -0.1) is 0 Å². The molecule has 0 bridgehead atoms. The molecular formula is C14H21NO4. The molecule has 1 aromatic carbocycles. The van der Waals surface area contributed by atoms with Crippen molar-refractivity contribution in [1.82, 2.24) is 5.48 Å². The number of rotatable bonds is 7. The zero-order valence-electron chi connectivity index (χ0n) is 11.9. The zero-order valence-corrected chi connectivity index (χ0v) is 11.9. The Morgan fingerprint density at radius 3 is 2.63 bits per heavy atom. The highest BCUT2D eigenvalue weighted by atomic mass is 16.6. The van der Waals surface area contributed by atoms with Crippen LogP contribution in [0, 0.1) is 5.92 Å². The van der Waals surface area contributed by atoms with Crippen LogP contribution in [0.25, 0.3) is 0 Å². The summed E-state index contributed by atoms with van der Waals surface area (Å²) in [6, 6.07) is 4.99. The van der Waals surface area contributed by atoms with Gasteiger partial charge in [0, 0.05) is 5.56 Å². The van der Waals surface area contributed by atoms with Crippen LogP contribution < -0.4 is 15.0 Å². The summed E-state index contributed by atoms with van der Waals surface area (Å²) in [5.41, 5.74) is 2.87. The van der Waals surface area contributed by atoms with E-state index in [9.17, 15) is 4.79 Å². The number of amides is 1. The molecule has 19 heavy (non-hydrogen) atoms. The third-order valence-corrected chi connectivity index (χ3v) is 2.31. The second-order valence-corrected chi connectivity index (χ2v) is 4.43. The van der Waals surface area contributed by atoms with Crippen molar-refractivity contribution in [3.8, 4) is 11.5 Å². The van der Waals surface area contributed by atoms with Crippen LogP contribution in [0.2, 0.25) is 0 Å². The summed E-state index contributed by atoms with van der Waals surface area (Å²) in [5, 5.41) is 0. The molecule has 0 aromatic heterocycles. The molecule has 1 aromatic rings. The van der Waals surface area contributed by atoms with E-state index in [0.717, 1.165) is 0 Å². The van der Waals surface area contributed by atoms with Crippen molar-refractivity contribution in [3.05, 3.63) is 23.8 Å². The molecule has 0 atom stereocenters. The number of hydrogen-bond donors (Lipinski definition) is 1. The lowest BCUT2D eigenvalue weighted by atomic mass is 10.2. The topological polar surface area (TPSA) is 56.8 Å². The minimum Gasteiger partial charge on any atom is -0.493 e. The molecule has 0 spiro atoms. The molecule has 1 rings (SSSR count). The van der Waals surface area contributed by atoms with Gasteiger partial charge in [-0.2, -0.15) is 0 Å². The van der Waals surface area contributed by atoms with Gasteiger partial charge in [0.05, 0.1) is 20.3 Å². The monoisotopic (exact) mass is 267 g/mol. The standard InChI is InChI=1S/C14H21NO4/c1-5-18-13-8-11(6-7-12(13)17-4)14(16)15-19-9-10(2)3/h6-8,10H,5,9H2,1-4H3,(H,15,16). The van der Waals surface area contributed by atoms with E-state index in [1.165, 1.54) is 0 Å². The Morgan fingerprint density at radius 2 is 2.05 bits per heavy atom. The van der Waals surface area contributed by atoms with E-state index in [1.807, 2.05) is 20.8 Å². The first-order chi connectivity index (χ1) is 9.08. The minimum absolute atomic E-state index is 0.302. The van der Waals surface area contributed by atoms with Crippen LogP contribution in [0.5, 0.6) is 11.5 Å². The summed E-state index contributed by atoms with van der Waals surface area (Å²) in [5.74, 6) is 1.20. The number of hydroxylamine groups is 1. The Balaban J connectivity index is 2.71. The quantitative estimate of drug-likeness (QED) is 0.771. The van der Waals surface area contributed by atoms with E-state index >= 15 is 0 Å². The third-order valence-electron chi connectivity index (χ3n) is 2.31. The molecule has 0 saturated heterocycles. The van der Waals surface area contributed by atoms with Gasteiger partial charge in [-0.25, -0.2) is 5.48 Å². The maximum atomic E-state index is 11.8. The van der Waals surface area contributed by atoms with Gasteiger partial charge in [-0.3, -0.25) is 9.63 Å². The highest BCUT2D eigenvalue weighted by Crippen LogP contribution is 2.27. The van der Waals surface area contributed by atoms with Crippen LogP contribution in [-0.2, 0) is 4.84 Å². The van der Waals surface area contributed by atoms with Gasteiger partial charge in [0.25, 0.3) is 5.91 Å². The second-order valence-electron chi connectivity index (χ2n) is 4.43. The molecule has 0 radical (unpaired) electrons. The van der Waals surface area contributed by atoms with Gasteiger partial charge in [0.15, 0.2) is 11.5 Å². The number of ether oxygens (including phenoxy) is 2. The molecule has 5 nitrogen and oxygen atoms in total. The average Bonchev–Trinajstić information content (AvgIpc) is 2.38. The molecular weight excluding hydrogens is 246 g/mol. The highest BCUT2D eigenvalue weighted by molar-refractivity contribution is 5.94. The number of carbonyl (C=O) groups is 1. The number of carbonyl (C=O) groups excluding carboxylic acids is 1. The van der Waals surface area contributed by atoms with Gasteiger partial charge in [0.1, 0.15) is 0 Å². The molecule has 0 fully saturated rings. The molecule has 1 N–H and O–H groups in total. The van der Waals surface area contributed by atoms with Gasteiger partial charge in [-0.1, -0.05) is 13.8 Å². The Labute approximate surface area is 113 Å². The maximum Gasteiger partial charge on any atom is 0.274 e. The largest absolute Gasteiger partial charge is 0.493 e. The van der Waals surface area contributed by atoms with Crippen molar-refractivity contribution in [2.75, 3.05) is 20.3 Å². The van der Waals surface area contributed by atoms with Gasteiger partial charge in [-0.05, 0) is 31.0 Å². The van der Waals surface area contributed by atoms with Crippen LogP contribution in [0.3, 0.4) is 0 Å². The smallest absolute Gasteiger partial charge is 0.274 e. The Hall–Kier alpha value is -1.75. The Kier molecular flexibility index (Phi) is 6.15. The Bertz CT molecular complexity index is 418. The molecule has 1 amide bonds. The van der Waals surface area contributed by atoms with Crippen LogP contribution in [0.15, 0.2) is 18.2 Å². The van der Waals surface area contributed by atoms with Crippen molar-refractivity contribution < 1.29 is 19.1 Å². The fraction of sp³-hybridized carbons (Fsp3) is 0.500. The van der Waals surface area contributed by atoms with Crippen molar-refractivity contribution >= 4 is 5.91 Å². The SMILES string of the molecule is CCOc1cc(C(=O)NOCC(C)C)ccc1OC. The fourth-order valence-corrected chi connectivity index (χ4v) is 1.42. The van der Waals surface area contributed by atoms with Crippen LogP contribution in [-0.4, -0.2) is 26.2 Å². The van der Waals surface area contributed by atoms with Gasteiger partial charge in [0.2, 0.25) is 0 Å². The second kappa shape index (κ2) is 7.63. The third kappa shape index (κ3) is 4.79. The van der Waals surface area contributed by atoms with Gasteiger partial charge >= 0.3 is 0 Å². The molecule has 0 aliphatic heterocycles. The van der Waals surface area contributed by atoms with Crippen molar-refractivity contribution in [1.29, 1.82) is 0 Å². The maximum absolute atomic E-state index is 11.8. The first kappa shape index (κ1) is 15.3. The summed E-state index contributed by atoms with van der Waals surface area (Å²) in [6.07, 6.45) is 0. The van der Waals surface area contributed by atoms with Crippen molar-refractivity contribution in [3.63, 3.8) is 0 Å². The predicted octanol–water partition coefficient (Wildman–Crippen LogP) is 2.41. The van der Waals surface area contributed by atoms with Gasteiger partial charge < -0.3 is 9.47 Å². The van der Waals surface area contributed by atoms with E-state index in [2.05, 4.69) is 5.48 Å². The van der Waals surface area contributed by atoms with Crippen molar-refractivity contribution in [2.45, 2.75) is 20.8 Å². The van der Waals surface area contributed by atoms with Crippen LogP contribution >= 0.6 is 0 Å². The molecule has 0 aliphatic rings. The first-order valence-electron chi connectivity index (χ1n) is 6.31. The molecule has 0 heterocycles. The lowest BCUT2D eigenvalue weighted by Crippen LogP contribution is -2.25. The zero-order chi connectivity index (χ0) is 14.3. The summed E-state index contributed by atoms with van der Waals surface area (Å²) >= 11 is 0. The average molecular weight is 267 g/mol. The van der Waals surface area contributed by atoms with Crippen molar-refractivity contribution in [2.24, 2.45) is 5.92 Å². The summed E-state index contributed by atoms with van der Waals surface area (Å²) in [7, 11) is 1.56. The molecule has 0 saturated carbocycles. The lowest BCUT2D eigenvalue weighted by Gasteiger charge is -2.11. The normalized spacial score (nSPS) is 10.4. The minimum atomic E-state index is -0.302. The number of nitrogens with one attached hydrogen (secondary N) is 1. The number of methoxy groups -OCH3 is 1. The molecule has 5 heteroatoms. The molecule has 0 unspecified atom stereocenters. The van der Waals surface area contributed by atoms with E-state index in [4.69, 9.17) is 14.3 Å². The summed E-state index contributed by atoms with van der Waals surface area (Å²) in [4.78, 5) is 16.9. The first-order valence-corrected chi connectivity index (χ1v) is 6.31. The van der Waals surface area contributed by atoms with E-state index in [1.54, 1.807) is 25.3 Å². The Morgan fingerprint density at radius 1 is 1.32 bits per heavy atom. The lowest BCUT2D eigenvalue weighted by molar-refractivity contribution is 0.0208.